The second-order valence-corrected chi connectivity index (χ2v) is 3.48. The van der Waals surface area contributed by atoms with Crippen LogP contribution in [0.4, 0.5) is 4.39 Å². The highest BCUT2D eigenvalue weighted by molar-refractivity contribution is 5.85. The Bertz CT molecular complexity index is 191. The van der Waals surface area contributed by atoms with E-state index in [-0.39, 0.29) is 6.42 Å². The van der Waals surface area contributed by atoms with Gasteiger partial charge in [-0.15, -0.1) is 0 Å². The van der Waals surface area contributed by atoms with Gasteiger partial charge in [-0.2, -0.15) is 0 Å². The van der Waals surface area contributed by atoms with Crippen molar-refractivity contribution in [3.8, 4) is 0 Å². The molecule has 0 rings (SSSR count). The SMILES string of the molecule is CC[C@H](O)[C@](C)(F)C(=O)N(CC)CC. The second-order valence-electron chi connectivity index (χ2n) is 3.48. The van der Waals surface area contributed by atoms with Crippen LogP contribution in [-0.2, 0) is 4.79 Å². The third-order valence-corrected chi connectivity index (χ3v) is 2.48. The first-order chi connectivity index (χ1) is 6.41. The van der Waals surface area contributed by atoms with Crippen LogP contribution >= 0.6 is 0 Å². The molecule has 0 spiro atoms. The first-order valence-electron chi connectivity index (χ1n) is 5.08. The molecule has 0 aliphatic heterocycles. The van der Waals surface area contributed by atoms with Crippen molar-refractivity contribution in [3.05, 3.63) is 0 Å². The van der Waals surface area contributed by atoms with Crippen LogP contribution in [0.25, 0.3) is 0 Å². The molecule has 0 radical (unpaired) electrons. The summed E-state index contributed by atoms with van der Waals surface area (Å²) in [5.74, 6) is -0.628. The summed E-state index contributed by atoms with van der Waals surface area (Å²) in [7, 11) is 0. The molecule has 0 saturated heterocycles. The number of rotatable bonds is 5. The van der Waals surface area contributed by atoms with E-state index < -0.39 is 17.7 Å². The molecule has 2 atom stereocenters. The topological polar surface area (TPSA) is 40.5 Å². The minimum Gasteiger partial charge on any atom is -0.389 e. The van der Waals surface area contributed by atoms with Gasteiger partial charge < -0.3 is 10.0 Å². The number of carbonyl (C=O) groups excluding carboxylic acids is 1. The smallest absolute Gasteiger partial charge is 0.262 e. The predicted molar refractivity (Wildman–Crippen MR) is 53.7 cm³/mol. The summed E-state index contributed by atoms with van der Waals surface area (Å²) in [4.78, 5) is 13.0. The minimum atomic E-state index is -2.17. The summed E-state index contributed by atoms with van der Waals surface area (Å²) >= 11 is 0. The molecule has 0 fully saturated rings. The fourth-order valence-corrected chi connectivity index (χ4v) is 1.35. The van der Waals surface area contributed by atoms with Gasteiger partial charge in [-0.1, -0.05) is 6.92 Å². The van der Waals surface area contributed by atoms with Crippen molar-refractivity contribution in [1.29, 1.82) is 0 Å². The van der Waals surface area contributed by atoms with Crippen LogP contribution in [0.1, 0.15) is 34.1 Å². The molecule has 0 unspecified atom stereocenters. The Morgan fingerprint density at radius 2 is 1.86 bits per heavy atom. The van der Waals surface area contributed by atoms with Crippen molar-refractivity contribution >= 4 is 5.91 Å². The van der Waals surface area contributed by atoms with Crippen LogP contribution in [0.5, 0.6) is 0 Å². The fourth-order valence-electron chi connectivity index (χ4n) is 1.35. The molecule has 0 aliphatic rings. The van der Waals surface area contributed by atoms with Gasteiger partial charge in [0.05, 0.1) is 6.10 Å². The van der Waals surface area contributed by atoms with E-state index >= 15 is 0 Å². The first kappa shape index (κ1) is 13.4. The maximum absolute atomic E-state index is 13.9. The van der Waals surface area contributed by atoms with Crippen LogP contribution < -0.4 is 0 Å². The van der Waals surface area contributed by atoms with Gasteiger partial charge in [0.2, 0.25) is 5.67 Å². The molecule has 84 valence electrons. The number of alkyl halides is 1. The minimum absolute atomic E-state index is 0.236. The molecule has 0 saturated carbocycles. The maximum atomic E-state index is 13.9. The number of amides is 1. The van der Waals surface area contributed by atoms with Crippen LogP contribution in [0.2, 0.25) is 0 Å². The summed E-state index contributed by atoms with van der Waals surface area (Å²) in [6, 6.07) is 0. The number of aliphatic hydroxyl groups excluding tert-OH is 1. The zero-order valence-electron chi connectivity index (χ0n) is 9.38. The molecule has 0 aromatic carbocycles. The quantitative estimate of drug-likeness (QED) is 0.736. The Kier molecular flexibility index (Phi) is 5.05. The molecule has 4 heteroatoms. The van der Waals surface area contributed by atoms with Gasteiger partial charge in [-0.3, -0.25) is 4.79 Å². The Morgan fingerprint density at radius 3 is 2.14 bits per heavy atom. The Morgan fingerprint density at radius 1 is 1.43 bits per heavy atom. The summed E-state index contributed by atoms with van der Waals surface area (Å²) in [6.45, 7) is 7.29. The number of hydrogen-bond acceptors (Lipinski definition) is 2. The molecular weight excluding hydrogens is 185 g/mol. The summed E-state index contributed by atoms with van der Waals surface area (Å²) in [6.07, 6.45) is -0.990. The molecule has 14 heavy (non-hydrogen) atoms. The highest BCUT2D eigenvalue weighted by Gasteiger charge is 2.41. The van der Waals surface area contributed by atoms with Gasteiger partial charge in [-0.05, 0) is 27.2 Å². The monoisotopic (exact) mass is 205 g/mol. The molecule has 0 aliphatic carbocycles. The van der Waals surface area contributed by atoms with Crippen molar-refractivity contribution in [2.45, 2.75) is 45.9 Å². The predicted octanol–water partition coefficient (Wildman–Crippen LogP) is 1.35. The van der Waals surface area contributed by atoms with Gasteiger partial charge >= 0.3 is 0 Å². The lowest BCUT2D eigenvalue weighted by Crippen LogP contribution is -2.50. The van der Waals surface area contributed by atoms with Gasteiger partial charge in [0, 0.05) is 13.1 Å². The van der Waals surface area contributed by atoms with Crippen molar-refractivity contribution in [1.82, 2.24) is 4.90 Å². The highest BCUT2D eigenvalue weighted by atomic mass is 19.1. The van der Waals surface area contributed by atoms with E-state index in [1.165, 1.54) is 4.90 Å². The first-order valence-corrected chi connectivity index (χ1v) is 5.08. The van der Waals surface area contributed by atoms with Gasteiger partial charge in [0.25, 0.3) is 5.91 Å². The van der Waals surface area contributed by atoms with Crippen LogP contribution in [0.15, 0.2) is 0 Å². The van der Waals surface area contributed by atoms with Gasteiger partial charge in [0.1, 0.15) is 0 Å². The average Bonchev–Trinajstić information content (AvgIpc) is 2.18. The van der Waals surface area contributed by atoms with E-state index in [9.17, 15) is 14.3 Å². The van der Waals surface area contributed by atoms with E-state index in [0.29, 0.717) is 13.1 Å². The molecule has 0 bridgehead atoms. The Hall–Kier alpha value is -0.640. The molecule has 0 aromatic rings. The highest BCUT2D eigenvalue weighted by Crippen LogP contribution is 2.21. The summed E-state index contributed by atoms with van der Waals surface area (Å²) in [5.41, 5.74) is -2.17. The van der Waals surface area contributed by atoms with Gasteiger partial charge in [-0.25, -0.2) is 4.39 Å². The van der Waals surface area contributed by atoms with Crippen LogP contribution in [0.3, 0.4) is 0 Å². The zero-order chi connectivity index (χ0) is 11.4. The number of hydrogen-bond donors (Lipinski definition) is 1. The number of halogens is 1. The van der Waals surface area contributed by atoms with E-state index in [1.54, 1.807) is 20.8 Å². The van der Waals surface area contributed by atoms with E-state index in [2.05, 4.69) is 0 Å². The summed E-state index contributed by atoms with van der Waals surface area (Å²) < 4.78 is 13.9. The zero-order valence-corrected chi connectivity index (χ0v) is 9.38. The lowest BCUT2D eigenvalue weighted by atomic mass is 9.97. The molecule has 1 amide bonds. The molecule has 0 aromatic heterocycles. The normalized spacial score (nSPS) is 17.3. The third-order valence-electron chi connectivity index (χ3n) is 2.48. The van der Waals surface area contributed by atoms with Gasteiger partial charge in [0.15, 0.2) is 0 Å². The summed E-state index contributed by atoms with van der Waals surface area (Å²) in [5, 5.41) is 9.37. The third kappa shape index (κ3) is 2.67. The van der Waals surface area contributed by atoms with Crippen molar-refractivity contribution < 1.29 is 14.3 Å². The fraction of sp³-hybridized carbons (Fsp3) is 0.900. The number of nitrogens with zero attached hydrogens (tertiary/aromatic N) is 1. The molecule has 0 heterocycles. The largest absolute Gasteiger partial charge is 0.389 e. The van der Waals surface area contributed by atoms with Crippen LogP contribution in [-0.4, -0.2) is 40.8 Å². The average molecular weight is 205 g/mol. The van der Waals surface area contributed by atoms with Crippen molar-refractivity contribution in [3.63, 3.8) is 0 Å². The van der Waals surface area contributed by atoms with E-state index in [0.717, 1.165) is 6.92 Å². The number of carbonyl (C=O) groups is 1. The number of aliphatic hydroxyl groups is 1. The Balaban J connectivity index is 4.63. The Labute approximate surface area is 84.9 Å². The van der Waals surface area contributed by atoms with E-state index in [1.807, 2.05) is 0 Å². The second kappa shape index (κ2) is 5.29. The molecular formula is C10H20FNO2. The van der Waals surface area contributed by atoms with Crippen LogP contribution in [0, 0.1) is 0 Å². The molecule has 3 nitrogen and oxygen atoms in total. The lowest BCUT2D eigenvalue weighted by Gasteiger charge is -2.30. The maximum Gasteiger partial charge on any atom is 0.262 e. The lowest BCUT2D eigenvalue weighted by molar-refractivity contribution is -0.150. The van der Waals surface area contributed by atoms with E-state index in [4.69, 9.17) is 0 Å². The van der Waals surface area contributed by atoms with Crippen molar-refractivity contribution in [2.24, 2.45) is 0 Å². The molecule has 1 N–H and O–H groups in total. The standard InChI is InChI=1S/C10H20FNO2/c1-5-8(13)10(4,11)9(14)12(6-2)7-3/h8,13H,5-7H2,1-4H3/t8-,10-/m0/s1. The van der Waals surface area contributed by atoms with Crippen molar-refractivity contribution in [2.75, 3.05) is 13.1 Å².